The summed E-state index contributed by atoms with van der Waals surface area (Å²) in [5.41, 5.74) is 0. The molecule has 1 aliphatic heterocycles. The van der Waals surface area contributed by atoms with E-state index in [0.29, 0.717) is 18.3 Å². The average Bonchev–Trinajstić information content (AvgIpc) is 3.17. The monoisotopic (exact) mass is 321 g/mol. The molecule has 0 aromatic carbocycles. The smallest absolute Gasteiger partial charge is 0.317 e. The molecular weight excluding hydrogens is 302 g/mol. The minimum atomic E-state index is -0.0711. The van der Waals surface area contributed by atoms with Crippen molar-refractivity contribution >= 4 is 17.4 Å². The maximum atomic E-state index is 12.1. The molecule has 7 nitrogen and oxygen atoms in total. The molecule has 0 atom stereocenters. The molecule has 0 radical (unpaired) electrons. The number of nitrogens with one attached hydrogen (secondary N) is 1. The van der Waals surface area contributed by atoms with E-state index in [1.165, 1.54) is 4.88 Å². The van der Waals surface area contributed by atoms with Gasteiger partial charge in [-0.2, -0.15) is 4.98 Å². The molecule has 3 heterocycles. The van der Waals surface area contributed by atoms with E-state index in [1.54, 1.807) is 18.3 Å². The van der Waals surface area contributed by atoms with Crippen LogP contribution in [0, 0.1) is 6.92 Å². The van der Waals surface area contributed by atoms with Crippen LogP contribution in [-0.2, 0) is 13.1 Å². The van der Waals surface area contributed by atoms with Gasteiger partial charge >= 0.3 is 6.03 Å². The van der Waals surface area contributed by atoms with Crippen LogP contribution in [0.4, 0.5) is 4.79 Å². The van der Waals surface area contributed by atoms with Crippen molar-refractivity contribution in [3.8, 4) is 0 Å². The number of hydrogen-bond donors (Lipinski definition) is 1. The number of amides is 2. The van der Waals surface area contributed by atoms with Crippen molar-refractivity contribution in [2.24, 2.45) is 0 Å². The first kappa shape index (κ1) is 15.0. The van der Waals surface area contributed by atoms with E-state index < -0.39 is 0 Å². The van der Waals surface area contributed by atoms with Crippen LogP contribution in [0.15, 0.2) is 22.0 Å². The molecule has 0 saturated carbocycles. The van der Waals surface area contributed by atoms with Crippen LogP contribution in [-0.4, -0.2) is 52.2 Å². The summed E-state index contributed by atoms with van der Waals surface area (Å²) in [5, 5.41) is 8.68. The highest BCUT2D eigenvalue weighted by Crippen LogP contribution is 2.13. The highest BCUT2D eigenvalue weighted by atomic mass is 32.1. The van der Waals surface area contributed by atoms with Crippen LogP contribution in [0.2, 0.25) is 0 Å². The van der Waals surface area contributed by atoms with Gasteiger partial charge in [-0.25, -0.2) is 4.79 Å². The zero-order valence-corrected chi connectivity index (χ0v) is 13.3. The second-order valence-electron chi connectivity index (χ2n) is 5.23. The van der Waals surface area contributed by atoms with Gasteiger partial charge in [-0.1, -0.05) is 11.2 Å². The molecule has 0 aliphatic carbocycles. The fourth-order valence-electron chi connectivity index (χ4n) is 2.41. The number of urea groups is 1. The van der Waals surface area contributed by atoms with Gasteiger partial charge in [-0.15, -0.1) is 11.3 Å². The van der Waals surface area contributed by atoms with Gasteiger partial charge < -0.3 is 14.7 Å². The summed E-state index contributed by atoms with van der Waals surface area (Å²) in [7, 11) is 0. The van der Waals surface area contributed by atoms with Gasteiger partial charge in [-0.3, -0.25) is 4.90 Å². The SMILES string of the molecule is Cc1nc(CNC(=O)N2CCN(Cc3cccs3)CC2)no1. The van der Waals surface area contributed by atoms with E-state index >= 15 is 0 Å². The van der Waals surface area contributed by atoms with Crippen LogP contribution >= 0.6 is 11.3 Å². The van der Waals surface area contributed by atoms with Gasteiger partial charge in [0.05, 0.1) is 6.54 Å². The van der Waals surface area contributed by atoms with Gasteiger partial charge in [0.1, 0.15) is 0 Å². The van der Waals surface area contributed by atoms with Crippen molar-refractivity contribution in [2.45, 2.75) is 20.0 Å². The Bertz CT molecular complexity index is 605. The van der Waals surface area contributed by atoms with Crippen LogP contribution in [0.3, 0.4) is 0 Å². The lowest BCUT2D eigenvalue weighted by Crippen LogP contribution is -2.51. The summed E-state index contributed by atoms with van der Waals surface area (Å²) in [6.07, 6.45) is 0. The Labute approximate surface area is 132 Å². The Hall–Kier alpha value is -1.93. The second-order valence-corrected chi connectivity index (χ2v) is 6.26. The molecule has 3 rings (SSSR count). The molecule has 22 heavy (non-hydrogen) atoms. The molecule has 2 amide bonds. The fraction of sp³-hybridized carbons (Fsp3) is 0.500. The van der Waals surface area contributed by atoms with Gasteiger partial charge in [0.15, 0.2) is 5.82 Å². The molecule has 1 fully saturated rings. The third-order valence-corrected chi connectivity index (χ3v) is 4.45. The number of thiophene rings is 1. The number of piperazine rings is 1. The molecule has 1 saturated heterocycles. The highest BCUT2D eigenvalue weighted by Gasteiger charge is 2.21. The van der Waals surface area contributed by atoms with E-state index in [0.717, 1.165) is 32.7 Å². The van der Waals surface area contributed by atoms with E-state index in [2.05, 4.69) is 37.9 Å². The summed E-state index contributed by atoms with van der Waals surface area (Å²) in [6.45, 7) is 6.26. The molecule has 1 N–H and O–H groups in total. The lowest BCUT2D eigenvalue weighted by Gasteiger charge is -2.34. The zero-order valence-electron chi connectivity index (χ0n) is 12.5. The molecule has 0 spiro atoms. The van der Waals surface area contributed by atoms with Crippen LogP contribution in [0.1, 0.15) is 16.6 Å². The topological polar surface area (TPSA) is 74.5 Å². The Morgan fingerprint density at radius 3 is 2.86 bits per heavy atom. The van der Waals surface area contributed by atoms with E-state index in [1.807, 2.05) is 4.90 Å². The largest absolute Gasteiger partial charge is 0.340 e. The Kier molecular flexibility index (Phi) is 4.69. The predicted octanol–water partition coefficient (Wildman–Crippen LogP) is 1.47. The standard InChI is InChI=1S/C14H19N5O2S/c1-11-16-13(17-21-11)9-15-14(20)19-6-4-18(5-7-19)10-12-3-2-8-22-12/h2-3,8H,4-7,9-10H2,1H3,(H,15,20). The zero-order chi connectivity index (χ0) is 15.4. The summed E-state index contributed by atoms with van der Waals surface area (Å²) in [5.74, 6) is 1.01. The van der Waals surface area contributed by atoms with E-state index in [-0.39, 0.29) is 6.03 Å². The number of rotatable bonds is 4. The summed E-state index contributed by atoms with van der Waals surface area (Å²) in [4.78, 5) is 21.7. The van der Waals surface area contributed by atoms with Crippen molar-refractivity contribution < 1.29 is 9.32 Å². The second kappa shape index (κ2) is 6.89. The predicted molar refractivity (Wildman–Crippen MR) is 82.4 cm³/mol. The summed E-state index contributed by atoms with van der Waals surface area (Å²) < 4.78 is 4.87. The van der Waals surface area contributed by atoms with Gasteiger partial charge in [0, 0.05) is 44.5 Å². The maximum Gasteiger partial charge on any atom is 0.317 e. The first-order valence-corrected chi connectivity index (χ1v) is 8.15. The van der Waals surface area contributed by atoms with Crippen molar-refractivity contribution in [3.05, 3.63) is 34.1 Å². The molecule has 118 valence electrons. The molecular formula is C14H19N5O2S. The molecule has 0 bridgehead atoms. The third-order valence-electron chi connectivity index (χ3n) is 3.59. The number of carbonyl (C=O) groups excluding carboxylic acids is 1. The lowest BCUT2D eigenvalue weighted by molar-refractivity contribution is 0.135. The number of nitrogens with zero attached hydrogens (tertiary/aromatic N) is 4. The van der Waals surface area contributed by atoms with Gasteiger partial charge in [0.25, 0.3) is 0 Å². The number of carbonyl (C=O) groups is 1. The molecule has 8 heteroatoms. The maximum absolute atomic E-state index is 12.1. The minimum absolute atomic E-state index is 0.0711. The highest BCUT2D eigenvalue weighted by molar-refractivity contribution is 7.09. The third kappa shape index (κ3) is 3.83. The number of aryl methyl sites for hydroxylation is 1. The molecule has 1 aliphatic rings. The van der Waals surface area contributed by atoms with E-state index in [9.17, 15) is 4.79 Å². The van der Waals surface area contributed by atoms with Crippen molar-refractivity contribution in [1.82, 2.24) is 25.3 Å². The number of hydrogen-bond acceptors (Lipinski definition) is 6. The molecule has 2 aromatic heterocycles. The Balaban J connectivity index is 1.41. The first-order valence-electron chi connectivity index (χ1n) is 7.27. The van der Waals surface area contributed by atoms with Crippen LogP contribution in [0.5, 0.6) is 0 Å². The Morgan fingerprint density at radius 1 is 1.41 bits per heavy atom. The molecule has 2 aromatic rings. The Morgan fingerprint density at radius 2 is 2.23 bits per heavy atom. The van der Waals surface area contributed by atoms with Gasteiger partial charge in [0.2, 0.25) is 5.89 Å². The molecule has 0 unspecified atom stereocenters. The van der Waals surface area contributed by atoms with Crippen molar-refractivity contribution in [1.29, 1.82) is 0 Å². The van der Waals surface area contributed by atoms with Crippen molar-refractivity contribution in [2.75, 3.05) is 26.2 Å². The van der Waals surface area contributed by atoms with Gasteiger partial charge in [-0.05, 0) is 11.4 Å². The summed E-state index contributed by atoms with van der Waals surface area (Å²) >= 11 is 1.77. The normalized spacial score (nSPS) is 16.0. The van der Waals surface area contributed by atoms with Crippen molar-refractivity contribution in [3.63, 3.8) is 0 Å². The summed E-state index contributed by atoms with van der Waals surface area (Å²) in [6, 6.07) is 4.15. The minimum Gasteiger partial charge on any atom is -0.340 e. The lowest BCUT2D eigenvalue weighted by atomic mass is 10.3. The quantitative estimate of drug-likeness (QED) is 0.923. The average molecular weight is 321 g/mol. The van der Waals surface area contributed by atoms with Crippen LogP contribution < -0.4 is 5.32 Å². The number of aromatic nitrogens is 2. The fourth-order valence-corrected chi connectivity index (χ4v) is 3.16. The van der Waals surface area contributed by atoms with E-state index in [4.69, 9.17) is 4.52 Å². The van der Waals surface area contributed by atoms with Crippen LogP contribution in [0.25, 0.3) is 0 Å². The first-order chi connectivity index (χ1) is 10.7.